The number of carbonyl (C=O) groups is 1. The summed E-state index contributed by atoms with van der Waals surface area (Å²) >= 11 is 5.31. The molecule has 0 amide bonds. The van der Waals surface area contributed by atoms with E-state index >= 15 is 0 Å². The minimum absolute atomic E-state index is 0.289. The fraction of sp³-hybridized carbons (Fsp3) is 0.333. The molecule has 0 aliphatic heterocycles. The number of carboxylic acid groups (broad SMARTS) is 1. The molecule has 0 aliphatic rings. The summed E-state index contributed by atoms with van der Waals surface area (Å²) in [5.74, 6) is -1.57. The molecule has 100 valence electrons. The fourth-order valence-corrected chi connectivity index (χ4v) is 1.59. The summed E-state index contributed by atoms with van der Waals surface area (Å²) in [5.41, 5.74) is -3.28. The number of nitrogens with zero attached hydrogens (tertiary/aromatic N) is 1. The predicted octanol–water partition coefficient (Wildman–Crippen LogP) is 3.32. The Morgan fingerprint density at radius 1 is 1.44 bits per heavy atom. The Morgan fingerprint density at radius 3 is 2.39 bits per heavy atom. The van der Waals surface area contributed by atoms with E-state index in [0.29, 0.717) is 0 Å². The van der Waals surface area contributed by atoms with E-state index in [1.807, 2.05) is 0 Å². The number of hydrogen-bond donors (Lipinski definition) is 1. The zero-order valence-corrected chi connectivity index (χ0v) is 9.19. The summed E-state index contributed by atoms with van der Waals surface area (Å²) in [6.45, 7) is 0. The number of rotatable bonds is 3. The predicted molar refractivity (Wildman–Crippen MR) is 50.5 cm³/mol. The molecule has 0 atom stereocenters. The molecule has 0 unspecified atom stereocenters. The molecule has 18 heavy (non-hydrogen) atoms. The molecule has 9 heteroatoms. The van der Waals surface area contributed by atoms with Crippen LogP contribution in [0.5, 0.6) is 0 Å². The lowest BCUT2D eigenvalue weighted by molar-refractivity contribution is -0.141. The average Bonchev–Trinajstić information content (AvgIpc) is 2.17. The van der Waals surface area contributed by atoms with Gasteiger partial charge in [-0.05, 0) is 5.56 Å². The van der Waals surface area contributed by atoms with Crippen molar-refractivity contribution in [1.82, 2.24) is 4.98 Å². The lowest BCUT2D eigenvalue weighted by atomic mass is 10.1. The molecule has 0 radical (unpaired) electrons. The third-order valence-electron chi connectivity index (χ3n) is 1.99. The molecule has 3 nitrogen and oxygen atoms in total. The first kappa shape index (κ1) is 14.6. The van der Waals surface area contributed by atoms with Crippen molar-refractivity contribution >= 4 is 17.6 Å². The van der Waals surface area contributed by atoms with Gasteiger partial charge in [-0.15, -0.1) is 0 Å². The first-order valence-corrected chi connectivity index (χ1v) is 4.76. The second-order valence-electron chi connectivity index (χ2n) is 3.22. The average molecular weight is 290 g/mol. The van der Waals surface area contributed by atoms with Crippen molar-refractivity contribution < 1.29 is 31.9 Å². The molecule has 0 saturated carbocycles. The molecule has 0 saturated heterocycles. The SMILES string of the molecule is O=C(O)Cc1c(C(F)F)cnc(C(F)(F)F)c1Cl. The Balaban J connectivity index is 3.44. The van der Waals surface area contributed by atoms with E-state index in [2.05, 4.69) is 4.98 Å². The topological polar surface area (TPSA) is 50.2 Å². The Hall–Kier alpha value is -1.44. The van der Waals surface area contributed by atoms with E-state index in [1.54, 1.807) is 0 Å². The van der Waals surface area contributed by atoms with Gasteiger partial charge in [0.05, 0.1) is 11.4 Å². The molecule has 0 aliphatic carbocycles. The number of halogens is 6. The summed E-state index contributed by atoms with van der Waals surface area (Å²) in [7, 11) is 0. The maximum Gasteiger partial charge on any atom is 0.434 e. The third kappa shape index (κ3) is 3.06. The fourth-order valence-electron chi connectivity index (χ4n) is 1.25. The van der Waals surface area contributed by atoms with Crippen LogP contribution in [0.25, 0.3) is 0 Å². The second kappa shape index (κ2) is 5.05. The van der Waals surface area contributed by atoms with Gasteiger partial charge in [-0.25, -0.2) is 13.8 Å². The second-order valence-corrected chi connectivity index (χ2v) is 3.60. The first-order chi connectivity index (χ1) is 8.14. The van der Waals surface area contributed by atoms with Crippen molar-refractivity contribution in [2.75, 3.05) is 0 Å². The molecule has 0 aromatic carbocycles. The van der Waals surface area contributed by atoms with Gasteiger partial charge < -0.3 is 5.11 Å². The minimum Gasteiger partial charge on any atom is -0.481 e. The van der Waals surface area contributed by atoms with E-state index in [4.69, 9.17) is 16.7 Å². The maximum atomic E-state index is 12.5. The van der Waals surface area contributed by atoms with Crippen LogP contribution >= 0.6 is 11.6 Å². The number of carboxylic acids is 1. The number of aliphatic carboxylic acids is 1. The van der Waals surface area contributed by atoms with Crippen LogP contribution in [0.4, 0.5) is 22.0 Å². The van der Waals surface area contributed by atoms with Crippen LogP contribution in [-0.4, -0.2) is 16.1 Å². The highest BCUT2D eigenvalue weighted by Crippen LogP contribution is 2.38. The Bertz CT molecular complexity index is 475. The van der Waals surface area contributed by atoms with E-state index in [-0.39, 0.29) is 6.20 Å². The molecule has 0 bridgehead atoms. The molecule has 1 rings (SSSR count). The van der Waals surface area contributed by atoms with E-state index in [1.165, 1.54) is 0 Å². The van der Waals surface area contributed by atoms with Crippen LogP contribution in [0.2, 0.25) is 5.02 Å². The Kier molecular flexibility index (Phi) is 4.10. The number of pyridine rings is 1. The molecule has 0 spiro atoms. The highest BCUT2D eigenvalue weighted by Gasteiger charge is 2.37. The molecule has 1 aromatic heterocycles. The third-order valence-corrected chi connectivity index (χ3v) is 2.39. The number of aromatic nitrogens is 1. The van der Waals surface area contributed by atoms with Gasteiger partial charge in [0, 0.05) is 11.8 Å². The van der Waals surface area contributed by atoms with Gasteiger partial charge >= 0.3 is 12.1 Å². The molecular weight excluding hydrogens is 285 g/mol. The first-order valence-electron chi connectivity index (χ1n) is 4.39. The standard InChI is InChI=1S/C9H5ClF5NO2/c10-6-3(1-5(17)18)4(8(11)12)2-16-7(6)9(13,14)15/h2,8H,1H2,(H,17,18). The molecule has 1 heterocycles. The largest absolute Gasteiger partial charge is 0.481 e. The Labute approximate surface area is 102 Å². The summed E-state index contributed by atoms with van der Waals surface area (Å²) < 4.78 is 62.3. The van der Waals surface area contributed by atoms with Crippen LogP contribution in [-0.2, 0) is 17.4 Å². The van der Waals surface area contributed by atoms with Crippen molar-refractivity contribution in [2.24, 2.45) is 0 Å². The Morgan fingerprint density at radius 2 is 2.00 bits per heavy atom. The highest BCUT2D eigenvalue weighted by molar-refractivity contribution is 6.32. The number of hydrogen-bond acceptors (Lipinski definition) is 2. The summed E-state index contributed by atoms with van der Waals surface area (Å²) in [6.07, 6.45) is -8.85. The van der Waals surface area contributed by atoms with Gasteiger partial charge in [-0.2, -0.15) is 13.2 Å². The summed E-state index contributed by atoms with van der Waals surface area (Å²) in [4.78, 5) is 13.3. The van der Waals surface area contributed by atoms with Gasteiger partial charge in [0.1, 0.15) is 0 Å². The van der Waals surface area contributed by atoms with Crippen molar-refractivity contribution in [1.29, 1.82) is 0 Å². The van der Waals surface area contributed by atoms with Gasteiger partial charge in [-0.3, -0.25) is 4.79 Å². The van der Waals surface area contributed by atoms with Crippen molar-refractivity contribution in [3.8, 4) is 0 Å². The maximum absolute atomic E-state index is 12.5. The van der Waals surface area contributed by atoms with Crippen molar-refractivity contribution in [3.05, 3.63) is 28.0 Å². The van der Waals surface area contributed by atoms with Crippen LogP contribution in [0.15, 0.2) is 6.20 Å². The highest BCUT2D eigenvalue weighted by atomic mass is 35.5. The molecule has 1 aromatic rings. The van der Waals surface area contributed by atoms with Crippen molar-refractivity contribution in [2.45, 2.75) is 19.0 Å². The normalized spacial score (nSPS) is 11.9. The van der Waals surface area contributed by atoms with Gasteiger partial charge in [0.15, 0.2) is 5.69 Å². The monoisotopic (exact) mass is 289 g/mol. The van der Waals surface area contributed by atoms with E-state index < -0.39 is 46.8 Å². The number of alkyl halides is 5. The summed E-state index contributed by atoms with van der Waals surface area (Å²) in [5, 5.41) is 7.38. The van der Waals surface area contributed by atoms with Gasteiger partial charge in [0.25, 0.3) is 6.43 Å². The molecule has 1 N–H and O–H groups in total. The smallest absolute Gasteiger partial charge is 0.434 e. The summed E-state index contributed by atoms with van der Waals surface area (Å²) in [6, 6.07) is 0. The van der Waals surface area contributed by atoms with Gasteiger partial charge in [0.2, 0.25) is 0 Å². The quantitative estimate of drug-likeness (QED) is 0.869. The van der Waals surface area contributed by atoms with Crippen LogP contribution in [0.1, 0.15) is 23.2 Å². The van der Waals surface area contributed by atoms with Crippen LogP contribution in [0.3, 0.4) is 0 Å². The molecular formula is C9H5ClF5NO2. The minimum atomic E-state index is -4.94. The van der Waals surface area contributed by atoms with Crippen LogP contribution < -0.4 is 0 Å². The zero-order chi connectivity index (χ0) is 14.1. The van der Waals surface area contributed by atoms with Crippen LogP contribution in [0, 0.1) is 0 Å². The van der Waals surface area contributed by atoms with Crippen molar-refractivity contribution in [3.63, 3.8) is 0 Å². The van der Waals surface area contributed by atoms with E-state index in [9.17, 15) is 26.7 Å². The zero-order valence-electron chi connectivity index (χ0n) is 8.43. The van der Waals surface area contributed by atoms with Gasteiger partial charge in [-0.1, -0.05) is 11.6 Å². The molecule has 0 fully saturated rings. The van der Waals surface area contributed by atoms with E-state index in [0.717, 1.165) is 0 Å². The lowest BCUT2D eigenvalue weighted by Crippen LogP contribution is -2.14. The lowest BCUT2D eigenvalue weighted by Gasteiger charge is -2.14.